The van der Waals surface area contributed by atoms with Gasteiger partial charge in [-0.15, -0.1) is 0 Å². The summed E-state index contributed by atoms with van der Waals surface area (Å²) < 4.78 is 41.5. The summed E-state index contributed by atoms with van der Waals surface area (Å²) in [6.07, 6.45) is -2.67. The molecule has 0 bridgehead atoms. The average Bonchev–Trinajstić information content (AvgIpc) is 2.64. The number of nitrogens with one attached hydrogen (secondary N) is 1. The summed E-state index contributed by atoms with van der Waals surface area (Å²) >= 11 is 0. The maximum absolute atomic E-state index is 12.3. The Labute approximate surface area is 150 Å². The smallest absolute Gasteiger partial charge is 0.405 e. The second-order valence-electron chi connectivity index (χ2n) is 6.34. The van der Waals surface area contributed by atoms with E-state index in [0.29, 0.717) is 38.8 Å². The molecular weight excluding hydrogens is 349 g/mol. The first-order valence-corrected chi connectivity index (χ1v) is 8.53. The van der Waals surface area contributed by atoms with Gasteiger partial charge in [-0.2, -0.15) is 13.2 Å². The molecule has 1 aromatic rings. The van der Waals surface area contributed by atoms with E-state index in [4.69, 9.17) is 4.74 Å². The minimum atomic E-state index is -4.41. The van der Waals surface area contributed by atoms with Crippen LogP contribution in [-0.2, 0) is 16.0 Å². The number of ether oxygens (including phenoxy) is 1. The van der Waals surface area contributed by atoms with E-state index in [2.05, 4.69) is 0 Å². The molecule has 0 aliphatic carbocycles. The van der Waals surface area contributed by atoms with Gasteiger partial charge in [0.1, 0.15) is 12.3 Å². The van der Waals surface area contributed by atoms with Crippen molar-refractivity contribution in [3.63, 3.8) is 0 Å². The molecule has 0 unspecified atom stereocenters. The molecule has 0 saturated carbocycles. The number of likely N-dealkylation sites (tertiary alicyclic amines) is 1. The Morgan fingerprint density at radius 3 is 2.35 bits per heavy atom. The van der Waals surface area contributed by atoms with Crippen molar-refractivity contribution in [3.8, 4) is 5.75 Å². The third-order valence-corrected chi connectivity index (χ3v) is 4.47. The zero-order valence-electron chi connectivity index (χ0n) is 14.6. The molecule has 5 nitrogen and oxygen atoms in total. The van der Waals surface area contributed by atoms with Crippen LogP contribution in [0.5, 0.6) is 5.75 Å². The Bertz CT molecular complexity index is 609. The van der Waals surface area contributed by atoms with Gasteiger partial charge in [0.25, 0.3) is 0 Å². The molecule has 1 aromatic carbocycles. The lowest BCUT2D eigenvalue weighted by atomic mass is 9.95. The van der Waals surface area contributed by atoms with E-state index in [1.54, 1.807) is 12.0 Å². The van der Waals surface area contributed by atoms with Gasteiger partial charge in [0.15, 0.2) is 0 Å². The average molecular weight is 372 g/mol. The highest BCUT2D eigenvalue weighted by molar-refractivity contribution is 5.80. The number of rotatable bonds is 6. The second kappa shape index (κ2) is 8.91. The van der Waals surface area contributed by atoms with Crippen LogP contribution < -0.4 is 10.1 Å². The minimum absolute atomic E-state index is 0.00466. The van der Waals surface area contributed by atoms with Crippen molar-refractivity contribution >= 4 is 11.8 Å². The Morgan fingerprint density at radius 1 is 1.19 bits per heavy atom. The Hall–Kier alpha value is -2.25. The maximum atomic E-state index is 12.3. The van der Waals surface area contributed by atoms with Gasteiger partial charge in [-0.25, -0.2) is 0 Å². The van der Waals surface area contributed by atoms with Gasteiger partial charge in [-0.3, -0.25) is 9.59 Å². The van der Waals surface area contributed by atoms with Crippen LogP contribution in [0, 0.1) is 5.92 Å². The Balaban J connectivity index is 1.72. The number of halogens is 3. The molecule has 0 spiro atoms. The first kappa shape index (κ1) is 20.1. The number of aryl methyl sites for hydroxylation is 1. The third kappa shape index (κ3) is 6.24. The number of piperidine rings is 1. The molecule has 0 radical (unpaired) electrons. The summed E-state index contributed by atoms with van der Waals surface area (Å²) in [6, 6.07) is 7.49. The van der Waals surface area contributed by atoms with E-state index in [9.17, 15) is 22.8 Å². The number of methoxy groups -OCH3 is 1. The largest absolute Gasteiger partial charge is 0.497 e. The topological polar surface area (TPSA) is 58.6 Å². The number of hydrogen-bond acceptors (Lipinski definition) is 3. The van der Waals surface area contributed by atoms with Crippen molar-refractivity contribution in [2.75, 3.05) is 26.7 Å². The lowest BCUT2D eigenvalue weighted by Crippen LogP contribution is -2.44. The number of carbonyl (C=O) groups is 2. The maximum Gasteiger partial charge on any atom is 0.405 e. The molecule has 1 aliphatic rings. The van der Waals surface area contributed by atoms with Crippen molar-refractivity contribution in [1.82, 2.24) is 10.2 Å². The number of alkyl halides is 3. The summed E-state index contributed by atoms with van der Waals surface area (Å²) in [5.41, 5.74) is 1.03. The van der Waals surface area contributed by atoms with E-state index < -0.39 is 24.5 Å². The lowest BCUT2D eigenvalue weighted by molar-refractivity contribution is -0.143. The fourth-order valence-electron chi connectivity index (χ4n) is 2.92. The normalized spacial score (nSPS) is 15.6. The monoisotopic (exact) mass is 372 g/mol. The Morgan fingerprint density at radius 2 is 1.81 bits per heavy atom. The van der Waals surface area contributed by atoms with Crippen LogP contribution in [0.1, 0.15) is 24.8 Å². The number of benzene rings is 1. The molecule has 1 heterocycles. The first-order valence-electron chi connectivity index (χ1n) is 8.53. The van der Waals surface area contributed by atoms with E-state index in [0.717, 1.165) is 11.3 Å². The van der Waals surface area contributed by atoms with Gasteiger partial charge in [-0.05, 0) is 37.0 Å². The lowest BCUT2D eigenvalue weighted by Gasteiger charge is -2.31. The number of hydrogen-bond donors (Lipinski definition) is 1. The van der Waals surface area contributed by atoms with Crippen LogP contribution in [0.4, 0.5) is 13.2 Å². The van der Waals surface area contributed by atoms with Crippen LogP contribution in [0.2, 0.25) is 0 Å². The molecule has 0 aromatic heterocycles. The zero-order valence-corrected chi connectivity index (χ0v) is 14.6. The van der Waals surface area contributed by atoms with E-state index in [1.807, 2.05) is 29.6 Å². The van der Waals surface area contributed by atoms with Crippen molar-refractivity contribution in [1.29, 1.82) is 0 Å². The third-order valence-electron chi connectivity index (χ3n) is 4.47. The van der Waals surface area contributed by atoms with E-state index in [1.165, 1.54) is 0 Å². The Kier molecular flexibility index (Phi) is 6.88. The highest BCUT2D eigenvalue weighted by Gasteiger charge is 2.31. The van der Waals surface area contributed by atoms with Crippen molar-refractivity contribution in [2.45, 2.75) is 31.9 Å². The molecule has 144 valence electrons. The molecular formula is C18H23F3N2O3. The second-order valence-corrected chi connectivity index (χ2v) is 6.34. The molecule has 2 amide bonds. The van der Waals surface area contributed by atoms with Crippen molar-refractivity contribution in [2.24, 2.45) is 5.92 Å². The number of nitrogens with zero attached hydrogens (tertiary/aromatic N) is 1. The van der Waals surface area contributed by atoms with Gasteiger partial charge in [0.05, 0.1) is 7.11 Å². The molecule has 8 heteroatoms. The SMILES string of the molecule is COc1ccc(CCC(=O)N2CCC(C(=O)NCC(F)(F)F)CC2)cc1. The molecule has 0 atom stereocenters. The van der Waals surface area contributed by atoms with Crippen molar-refractivity contribution in [3.05, 3.63) is 29.8 Å². The van der Waals surface area contributed by atoms with Gasteiger partial charge < -0.3 is 15.0 Å². The molecule has 1 fully saturated rings. The van der Waals surface area contributed by atoms with Crippen LogP contribution in [0.3, 0.4) is 0 Å². The van der Waals surface area contributed by atoms with Crippen LogP contribution >= 0.6 is 0 Å². The predicted molar refractivity (Wildman–Crippen MR) is 89.7 cm³/mol. The van der Waals surface area contributed by atoms with Gasteiger partial charge in [0.2, 0.25) is 11.8 Å². The standard InChI is InChI=1S/C18H23F3N2O3/c1-26-15-5-2-13(3-6-15)4-7-16(24)23-10-8-14(9-11-23)17(25)22-12-18(19,20)21/h2-3,5-6,14H,4,7-12H2,1H3,(H,22,25). The molecule has 1 N–H and O–H groups in total. The number of amides is 2. The molecule has 26 heavy (non-hydrogen) atoms. The van der Waals surface area contributed by atoms with Crippen molar-refractivity contribution < 1.29 is 27.5 Å². The summed E-state index contributed by atoms with van der Waals surface area (Å²) in [5, 5.41) is 1.91. The zero-order chi connectivity index (χ0) is 19.2. The molecule has 1 saturated heterocycles. The summed E-state index contributed by atoms with van der Waals surface area (Å²) in [4.78, 5) is 25.7. The summed E-state index contributed by atoms with van der Waals surface area (Å²) in [6.45, 7) is -0.524. The van der Waals surface area contributed by atoms with Gasteiger partial charge in [-0.1, -0.05) is 12.1 Å². The van der Waals surface area contributed by atoms with Gasteiger partial charge in [0, 0.05) is 25.4 Å². The summed E-state index contributed by atoms with van der Waals surface area (Å²) in [7, 11) is 1.59. The molecule has 1 aliphatic heterocycles. The fourth-order valence-corrected chi connectivity index (χ4v) is 2.92. The fraction of sp³-hybridized carbons (Fsp3) is 0.556. The van der Waals surface area contributed by atoms with Crippen LogP contribution in [0.15, 0.2) is 24.3 Å². The summed E-state index contributed by atoms with van der Waals surface area (Å²) in [5.74, 6) is -0.309. The highest BCUT2D eigenvalue weighted by Crippen LogP contribution is 2.20. The minimum Gasteiger partial charge on any atom is -0.497 e. The van der Waals surface area contributed by atoms with Crippen LogP contribution in [0.25, 0.3) is 0 Å². The van der Waals surface area contributed by atoms with Gasteiger partial charge >= 0.3 is 6.18 Å². The first-order chi connectivity index (χ1) is 12.3. The molecule has 2 rings (SSSR count). The van der Waals surface area contributed by atoms with Crippen LogP contribution in [-0.4, -0.2) is 49.6 Å². The quantitative estimate of drug-likeness (QED) is 0.835. The number of carbonyl (C=O) groups excluding carboxylic acids is 2. The predicted octanol–water partition coefficient (Wildman–Crippen LogP) is 2.54. The van der Waals surface area contributed by atoms with E-state index >= 15 is 0 Å². The van der Waals surface area contributed by atoms with E-state index in [-0.39, 0.29) is 5.91 Å². The highest BCUT2D eigenvalue weighted by atomic mass is 19.4.